The highest BCUT2D eigenvalue weighted by molar-refractivity contribution is 5.80. The minimum atomic E-state index is -4.78. The number of hydrogen-bond donors (Lipinski definition) is 4. The van der Waals surface area contributed by atoms with Crippen molar-refractivity contribution in [3.8, 4) is 22.6 Å². The Bertz CT molecular complexity index is 974. The number of rotatable bonds is 8. The molecule has 0 fully saturated rings. The van der Waals surface area contributed by atoms with Gasteiger partial charge in [0, 0.05) is 35.3 Å². The van der Waals surface area contributed by atoms with Crippen LogP contribution in [0.1, 0.15) is 17.5 Å². The van der Waals surface area contributed by atoms with Gasteiger partial charge >= 0.3 is 6.36 Å². The molecule has 2 aromatic carbocycles. The molecule has 0 aromatic heterocycles. The van der Waals surface area contributed by atoms with Crippen molar-refractivity contribution in [2.45, 2.75) is 25.8 Å². The SMILES string of the molecule is C=C(CNc1cc(-c2ccc(OC(F)(F)F)cc2)c2c(c1CO)CCO2)CC(=O)NO. The Balaban J connectivity index is 1.91. The van der Waals surface area contributed by atoms with Gasteiger partial charge in [0.25, 0.3) is 0 Å². The largest absolute Gasteiger partial charge is 0.573 e. The molecule has 0 radical (unpaired) electrons. The lowest BCUT2D eigenvalue weighted by molar-refractivity contribution is -0.274. The second-order valence-corrected chi connectivity index (χ2v) is 6.90. The second kappa shape index (κ2) is 9.27. The molecule has 0 unspecified atom stereocenters. The van der Waals surface area contributed by atoms with Crippen LogP contribution in [0.25, 0.3) is 11.1 Å². The molecule has 166 valence electrons. The molecule has 0 atom stereocenters. The molecule has 1 aliphatic rings. The van der Waals surface area contributed by atoms with E-state index < -0.39 is 12.3 Å². The molecule has 0 spiro atoms. The second-order valence-electron chi connectivity index (χ2n) is 6.90. The van der Waals surface area contributed by atoms with E-state index in [1.807, 2.05) is 0 Å². The fourth-order valence-corrected chi connectivity index (χ4v) is 3.38. The minimum Gasteiger partial charge on any atom is -0.492 e. The summed E-state index contributed by atoms with van der Waals surface area (Å²) >= 11 is 0. The van der Waals surface area contributed by atoms with E-state index in [1.165, 1.54) is 29.7 Å². The molecule has 7 nitrogen and oxygen atoms in total. The number of hydroxylamine groups is 1. The van der Waals surface area contributed by atoms with Crippen molar-refractivity contribution >= 4 is 11.6 Å². The number of aliphatic hydroxyl groups is 1. The minimum absolute atomic E-state index is 0.0838. The first-order chi connectivity index (χ1) is 14.7. The number of nitrogens with one attached hydrogen (secondary N) is 2. The highest BCUT2D eigenvalue weighted by atomic mass is 19.4. The van der Waals surface area contributed by atoms with E-state index in [2.05, 4.69) is 16.6 Å². The third kappa shape index (κ3) is 5.47. The molecule has 1 aliphatic heterocycles. The predicted octanol–water partition coefficient (Wildman–Crippen LogP) is 3.54. The van der Waals surface area contributed by atoms with Crippen LogP contribution in [-0.2, 0) is 17.8 Å². The predicted molar refractivity (Wildman–Crippen MR) is 106 cm³/mol. The van der Waals surface area contributed by atoms with Gasteiger partial charge in [-0.3, -0.25) is 10.0 Å². The molecule has 31 heavy (non-hydrogen) atoms. The number of fused-ring (bicyclic) bond motifs is 1. The van der Waals surface area contributed by atoms with Gasteiger partial charge in [-0.05, 0) is 29.3 Å². The number of benzene rings is 2. The highest BCUT2D eigenvalue weighted by Gasteiger charge is 2.31. The number of alkyl halides is 3. The van der Waals surface area contributed by atoms with Crippen LogP contribution in [0.15, 0.2) is 42.5 Å². The van der Waals surface area contributed by atoms with E-state index in [1.54, 1.807) is 6.07 Å². The molecular formula is C21H21F3N2O5. The molecule has 3 rings (SSSR count). The van der Waals surface area contributed by atoms with Gasteiger partial charge in [-0.2, -0.15) is 0 Å². The maximum atomic E-state index is 12.4. The van der Waals surface area contributed by atoms with Gasteiger partial charge in [-0.15, -0.1) is 13.2 Å². The monoisotopic (exact) mass is 438 g/mol. The van der Waals surface area contributed by atoms with Crippen LogP contribution < -0.4 is 20.3 Å². The number of anilines is 1. The van der Waals surface area contributed by atoms with Crippen LogP contribution in [0.3, 0.4) is 0 Å². The summed E-state index contributed by atoms with van der Waals surface area (Å²) in [6, 6.07) is 7.14. The lowest BCUT2D eigenvalue weighted by Gasteiger charge is -2.18. The van der Waals surface area contributed by atoms with Crippen LogP contribution in [0.4, 0.5) is 18.9 Å². The Labute approximate surface area is 176 Å². The molecule has 0 aliphatic carbocycles. The van der Waals surface area contributed by atoms with Crippen LogP contribution >= 0.6 is 0 Å². The maximum Gasteiger partial charge on any atom is 0.573 e. The third-order valence-corrected chi connectivity index (χ3v) is 4.72. The highest BCUT2D eigenvalue weighted by Crippen LogP contribution is 2.43. The molecule has 0 saturated carbocycles. The van der Waals surface area contributed by atoms with Gasteiger partial charge in [0.2, 0.25) is 5.91 Å². The van der Waals surface area contributed by atoms with Gasteiger partial charge in [0.05, 0.1) is 19.6 Å². The Kier molecular flexibility index (Phi) is 6.71. The molecule has 1 amide bonds. The number of halogens is 3. The lowest BCUT2D eigenvalue weighted by Crippen LogP contribution is -2.20. The number of hydrogen-bond acceptors (Lipinski definition) is 6. The molecule has 10 heteroatoms. The first-order valence-corrected chi connectivity index (χ1v) is 9.34. The van der Waals surface area contributed by atoms with Gasteiger partial charge < -0.3 is 19.9 Å². The molecule has 0 saturated heterocycles. The van der Waals surface area contributed by atoms with E-state index in [0.29, 0.717) is 46.7 Å². The summed E-state index contributed by atoms with van der Waals surface area (Å²) in [5, 5.41) is 21.6. The smallest absolute Gasteiger partial charge is 0.492 e. The van der Waals surface area contributed by atoms with Crippen molar-refractivity contribution in [1.29, 1.82) is 0 Å². The summed E-state index contributed by atoms with van der Waals surface area (Å²) in [4.78, 5) is 11.3. The van der Waals surface area contributed by atoms with Gasteiger partial charge in [-0.1, -0.05) is 18.7 Å². The Morgan fingerprint density at radius 3 is 2.58 bits per heavy atom. The van der Waals surface area contributed by atoms with Crippen LogP contribution in [0.2, 0.25) is 0 Å². The lowest BCUT2D eigenvalue weighted by atomic mass is 9.95. The quantitative estimate of drug-likeness (QED) is 0.286. The maximum absolute atomic E-state index is 12.4. The van der Waals surface area contributed by atoms with Gasteiger partial charge in [-0.25, -0.2) is 5.48 Å². The van der Waals surface area contributed by atoms with E-state index in [0.717, 1.165) is 5.56 Å². The fraction of sp³-hybridized carbons (Fsp3) is 0.286. The van der Waals surface area contributed by atoms with Gasteiger partial charge in [0.1, 0.15) is 11.5 Å². The van der Waals surface area contributed by atoms with Crippen molar-refractivity contribution in [1.82, 2.24) is 5.48 Å². The molecule has 0 bridgehead atoms. The number of carbonyl (C=O) groups excluding carboxylic acids is 1. The number of carbonyl (C=O) groups is 1. The molecule has 2 aromatic rings. The normalized spacial score (nSPS) is 12.7. The zero-order valence-corrected chi connectivity index (χ0v) is 16.4. The topological polar surface area (TPSA) is 100 Å². The van der Waals surface area contributed by atoms with E-state index in [4.69, 9.17) is 9.94 Å². The van der Waals surface area contributed by atoms with Crippen LogP contribution in [0.5, 0.6) is 11.5 Å². The van der Waals surface area contributed by atoms with E-state index in [-0.39, 0.29) is 25.3 Å². The fourth-order valence-electron chi connectivity index (χ4n) is 3.38. The van der Waals surface area contributed by atoms with Crippen molar-refractivity contribution in [3.63, 3.8) is 0 Å². The third-order valence-electron chi connectivity index (χ3n) is 4.72. The van der Waals surface area contributed by atoms with E-state index >= 15 is 0 Å². The first kappa shape index (κ1) is 22.4. The molecular weight excluding hydrogens is 417 g/mol. The summed E-state index contributed by atoms with van der Waals surface area (Å²) < 4.78 is 46.9. The van der Waals surface area contributed by atoms with Crippen molar-refractivity contribution in [2.24, 2.45) is 0 Å². The molecule has 1 heterocycles. The summed E-state index contributed by atoms with van der Waals surface area (Å²) in [6.07, 6.45) is -4.29. The van der Waals surface area contributed by atoms with Crippen LogP contribution in [0, 0.1) is 0 Å². The Hall–Kier alpha value is -3.24. The summed E-state index contributed by atoms with van der Waals surface area (Å²) in [6.45, 7) is 4.14. The summed E-state index contributed by atoms with van der Waals surface area (Å²) in [5.41, 5.74) is 5.31. The molecule has 4 N–H and O–H groups in total. The van der Waals surface area contributed by atoms with E-state index in [9.17, 15) is 23.1 Å². The first-order valence-electron chi connectivity index (χ1n) is 9.34. The number of ether oxygens (including phenoxy) is 2. The Morgan fingerprint density at radius 1 is 1.26 bits per heavy atom. The standard InChI is InChI=1S/C21H21F3N2O5/c1-12(8-19(28)26-29)10-25-18-9-16(20-15(6-7-30-20)17(18)11-27)13-2-4-14(5-3-13)31-21(22,23)24/h2-5,9,25,27,29H,1,6-8,10-11H2,(H,26,28). The van der Waals surface area contributed by atoms with Gasteiger partial charge in [0.15, 0.2) is 0 Å². The number of amides is 1. The average molecular weight is 438 g/mol. The van der Waals surface area contributed by atoms with Crippen molar-refractivity contribution < 1.29 is 37.8 Å². The van der Waals surface area contributed by atoms with Crippen LogP contribution in [-0.4, -0.2) is 35.7 Å². The zero-order chi connectivity index (χ0) is 22.6. The zero-order valence-electron chi connectivity index (χ0n) is 16.4. The van der Waals surface area contributed by atoms with Crippen molar-refractivity contribution in [2.75, 3.05) is 18.5 Å². The van der Waals surface area contributed by atoms with Crippen molar-refractivity contribution in [3.05, 3.63) is 53.6 Å². The Morgan fingerprint density at radius 2 is 1.97 bits per heavy atom. The summed E-state index contributed by atoms with van der Waals surface area (Å²) in [5.74, 6) is -0.367. The number of aliphatic hydroxyl groups excluding tert-OH is 1. The summed E-state index contributed by atoms with van der Waals surface area (Å²) in [7, 11) is 0. The average Bonchev–Trinajstić information content (AvgIpc) is 3.20.